The molecule has 0 aliphatic carbocycles. The summed E-state index contributed by atoms with van der Waals surface area (Å²) in [7, 11) is 0. The summed E-state index contributed by atoms with van der Waals surface area (Å²) < 4.78 is 23.5. The first-order chi connectivity index (χ1) is 7.68. The Bertz CT molecular complexity index is 300. The number of rotatable bonds is 7. The molecule has 1 aromatic rings. The van der Waals surface area contributed by atoms with Gasteiger partial charge in [-0.05, 0) is 24.5 Å². The molecule has 2 nitrogen and oxygen atoms in total. The second kappa shape index (κ2) is 7.23. The van der Waals surface area contributed by atoms with Crippen molar-refractivity contribution in [2.75, 3.05) is 19.8 Å². The lowest BCUT2D eigenvalue weighted by molar-refractivity contribution is 0.0925. The lowest BCUT2D eigenvalue weighted by Gasteiger charge is -2.08. The zero-order chi connectivity index (χ0) is 11.8. The highest BCUT2D eigenvalue weighted by atomic mass is 19.1. The predicted octanol–water partition coefficient (Wildman–Crippen LogP) is 3.27. The van der Waals surface area contributed by atoms with Crippen LogP contribution in [0.5, 0.6) is 5.75 Å². The topological polar surface area (TPSA) is 18.5 Å². The van der Waals surface area contributed by atoms with E-state index in [2.05, 4.69) is 13.8 Å². The second-order valence-corrected chi connectivity index (χ2v) is 4.10. The smallest absolute Gasteiger partial charge is 0.126 e. The van der Waals surface area contributed by atoms with Crippen LogP contribution in [-0.2, 0) is 4.74 Å². The van der Waals surface area contributed by atoms with Crippen molar-refractivity contribution < 1.29 is 13.9 Å². The molecule has 16 heavy (non-hydrogen) atoms. The maximum Gasteiger partial charge on any atom is 0.126 e. The van der Waals surface area contributed by atoms with Gasteiger partial charge in [0.05, 0.1) is 6.61 Å². The lowest BCUT2D eigenvalue weighted by Crippen LogP contribution is -2.08. The van der Waals surface area contributed by atoms with Gasteiger partial charge in [0.1, 0.15) is 18.2 Å². The van der Waals surface area contributed by atoms with Crippen molar-refractivity contribution >= 4 is 0 Å². The molecule has 0 bridgehead atoms. The van der Waals surface area contributed by atoms with E-state index in [0.29, 0.717) is 24.9 Å². The van der Waals surface area contributed by atoms with Crippen LogP contribution in [0.2, 0.25) is 0 Å². The highest BCUT2D eigenvalue weighted by Gasteiger charge is 1.97. The molecule has 0 radical (unpaired) electrons. The van der Waals surface area contributed by atoms with E-state index in [0.717, 1.165) is 13.0 Å². The Kier molecular flexibility index (Phi) is 5.86. The molecular formula is C13H19FO2. The number of halogens is 1. The molecule has 0 fully saturated rings. The van der Waals surface area contributed by atoms with E-state index in [1.165, 1.54) is 12.1 Å². The standard InChI is InChI=1S/C13H19FO2/c1-11(2)6-7-15-8-9-16-13-5-3-4-12(14)10-13/h3-5,10-11H,6-9H2,1-2H3. The SMILES string of the molecule is CC(C)CCOCCOc1cccc(F)c1. The van der Waals surface area contributed by atoms with Crippen LogP contribution in [0.3, 0.4) is 0 Å². The van der Waals surface area contributed by atoms with Crippen LogP contribution >= 0.6 is 0 Å². The molecule has 0 unspecified atom stereocenters. The average molecular weight is 226 g/mol. The molecule has 0 aliphatic rings. The van der Waals surface area contributed by atoms with E-state index < -0.39 is 0 Å². The van der Waals surface area contributed by atoms with Crippen molar-refractivity contribution in [3.05, 3.63) is 30.1 Å². The quantitative estimate of drug-likeness (QED) is 0.664. The van der Waals surface area contributed by atoms with E-state index in [-0.39, 0.29) is 5.82 Å². The van der Waals surface area contributed by atoms with Gasteiger partial charge in [-0.3, -0.25) is 0 Å². The number of benzene rings is 1. The normalized spacial score (nSPS) is 10.8. The summed E-state index contributed by atoms with van der Waals surface area (Å²) in [5.74, 6) is 0.926. The Morgan fingerprint density at radius 1 is 1.19 bits per heavy atom. The first kappa shape index (κ1) is 13.0. The second-order valence-electron chi connectivity index (χ2n) is 4.10. The minimum atomic E-state index is -0.279. The van der Waals surface area contributed by atoms with Gasteiger partial charge in [0, 0.05) is 12.7 Å². The third-order valence-electron chi connectivity index (χ3n) is 2.13. The number of hydrogen-bond donors (Lipinski definition) is 0. The minimum absolute atomic E-state index is 0.279. The lowest BCUT2D eigenvalue weighted by atomic mass is 10.1. The molecule has 0 aliphatic heterocycles. The molecule has 0 amide bonds. The van der Waals surface area contributed by atoms with Crippen molar-refractivity contribution in [3.63, 3.8) is 0 Å². The molecule has 0 N–H and O–H groups in total. The fourth-order valence-electron chi connectivity index (χ4n) is 1.20. The molecule has 0 atom stereocenters. The number of ether oxygens (including phenoxy) is 2. The fraction of sp³-hybridized carbons (Fsp3) is 0.538. The molecule has 0 aromatic heterocycles. The van der Waals surface area contributed by atoms with Crippen LogP contribution in [0.1, 0.15) is 20.3 Å². The van der Waals surface area contributed by atoms with Gasteiger partial charge in [-0.25, -0.2) is 4.39 Å². The van der Waals surface area contributed by atoms with Crippen molar-refractivity contribution in [1.82, 2.24) is 0 Å². The van der Waals surface area contributed by atoms with Gasteiger partial charge in [0.2, 0.25) is 0 Å². The molecule has 0 spiro atoms. The fourth-order valence-corrected chi connectivity index (χ4v) is 1.20. The zero-order valence-electron chi connectivity index (χ0n) is 9.91. The van der Waals surface area contributed by atoms with Gasteiger partial charge in [0.25, 0.3) is 0 Å². The first-order valence-electron chi connectivity index (χ1n) is 5.64. The monoisotopic (exact) mass is 226 g/mol. The molecule has 90 valence electrons. The van der Waals surface area contributed by atoms with Crippen LogP contribution < -0.4 is 4.74 Å². The van der Waals surface area contributed by atoms with E-state index in [4.69, 9.17) is 9.47 Å². The maximum atomic E-state index is 12.8. The third-order valence-corrected chi connectivity index (χ3v) is 2.13. The minimum Gasteiger partial charge on any atom is -0.491 e. The first-order valence-corrected chi connectivity index (χ1v) is 5.64. The average Bonchev–Trinajstić information content (AvgIpc) is 2.23. The summed E-state index contributed by atoms with van der Waals surface area (Å²) >= 11 is 0. The number of hydrogen-bond acceptors (Lipinski definition) is 2. The van der Waals surface area contributed by atoms with Crippen LogP contribution in [0.25, 0.3) is 0 Å². The molecule has 1 rings (SSSR count). The summed E-state index contributed by atoms with van der Waals surface area (Å²) in [5.41, 5.74) is 0. The summed E-state index contributed by atoms with van der Waals surface area (Å²) in [4.78, 5) is 0. The zero-order valence-corrected chi connectivity index (χ0v) is 9.91. The van der Waals surface area contributed by atoms with E-state index in [9.17, 15) is 4.39 Å². The van der Waals surface area contributed by atoms with Gasteiger partial charge >= 0.3 is 0 Å². The van der Waals surface area contributed by atoms with Crippen LogP contribution in [0.15, 0.2) is 24.3 Å². The molecule has 0 heterocycles. The van der Waals surface area contributed by atoms with Gasteiger partial charge in [-0.1, -0.05) is 19.9 Å². The van der Waals surface area contributed by atoms with Crippen molar-refractivity contribution in [3.8, 4) is 5.75 Å². The maximum absolute atomic E-state index is 12.8. The van der Waals surface area contributed by atoms with E-state index in [1.54, 1.807) is 12.1 Å². The van der Waals surface area contributed by atoms with Gasteiger partial charge in [-0.15, -0.1) is 0 Å². The molecule has 0 saturated carbocycles. The highest BCUT2D eigenvalue weighted by Crippen LogP contribution is 2.11. The Morgan fingerprint density at radius 3 is 2.69 bits per heavy atom. The molecule has 3 heteroatoms. The summed E-state index contributed by atoms with van der Waals surface area (Å²) in [6, 6.07) is 6.13. The molecular weight excluding hydrogens is 207 g/mol. The highest BCUT2D eigenvalue weighted by molar-refractivity contribution is 5.22. The van der Waals surface area contributed by atoms with Crippen molar-refractivity contribution in [2.45, 2.75) is 20.3 Å². The predicted molar refractivity (Wildman–Crippen MR) is 62.2 cm³/mol. The van der Waals surface area contributed by atoms with Gasteiger partial charge < -0.3 is 9.47 Å². The van der Waals surface area contributed by atoms with E-state index in [1.807, 2.05) is 0 Å². The van der Waals surface area contributed by atoms with Crippen LogP contribution in [0.4, 0.5) is 4.39 Å². The van der Waals surface area contributed by atoms with Crippen molar-refractivity contribution in [1.29, 1.82) is 0 Å². The summed E-state index contributed by atoms with van der Waals surface area (Å²) in [5, 5.41) is 0. The molecule has 1 aromatic carbocycles. The van der Waals surface area contributed by atoms with E-state index >= 15 is 0 Å². The summed E-state index contributed by atoms with van der Waals surface area (Å²) in [6.07, 6.45) is 1.06. The Labute approximate surface area is 96.4 Å². The van der Waals surface area contributed by atoms with Gasteiger partial charge in [-0.2, -0.15) is 0 Å². The third kappa shape index (κ3) is 5.71. The Morgan fingerprint density at radius 2 is 2.00 bits per heavy atom. The summed E-state index contributed by atoms with van der Waals surface area (Å²) in [6.45, 7) is 6.08. The van der Waals surface area contributed by atoms with Gasteiger partial charge in [0.15, 0.2) is 0 Å². The Balaban J connectivity index is 2.07. The van der Waals surface area contributed by atoms with Crippen LogP contribution in [0, 0.1) is 11.7 Å². The van der Waals surface area contributed by atoms with Crippen molar-refractivity contribution in [2.24, 2.45) is 5.92 Å². The Hall–Kier alpha value is -1.09. The largest absolute Gasteiger partial charge is 0.491 e. The van der Waals surface area contributed by atoms with Crippen LogP contribution in [-0.4, -0.2) is 19.8 Å². The molecule has 0 saturated heterocycles.